The molecule has 0 heterocycles. The number of rotatable bonds is 3. The Bertz CT molecular complexity index is 147. The van der Waals surface area contributed by atoms with Crippen molar-refractivity contribution in [2.24, 2.45) is 0 Å². The van der Waals surface area contributed by atoms with E-state index in [0.717, 1.165) is 0 Å². The van der Waals surface area contributed by atoms with Crippen LogP contribution < -0.4 is 0 Å². The van der Waals surface area contributed by atoms with Gasteiger partial charge in [0.2, 0.25) is 0 Å². The Morgan fingerprint density at radius 3 is 2.00 bits per heavy atom. The van der Waals surface area contributed by atoms with Crippen molar-refractivity contribution in [1.82, 2.24) is 0 Å². The Morgan fingerprint density at radius 2 is 1.90 bits per heavy atom. The minimum Gasteiger partial charge on any atom is -0.343 e. The molecule has 0 radical (unpaired) electrons. The number of phosphoric ester groups is 1. The zero-order chi connectivity index (χ0) is 8.41. The van der Waals surface area contributed by atoms with Crippen LogP contribution >= 0.6 is 7.82 Å². The molecule has 0 saturated heterocycles. The van der Waals surface area contributed by atoms with Crippen molar-refractivity contribution in [3.8, 4) is 0 Å². The molecule has 0 aliphatic carbocycles. The fraction of sp³-hybridized carbons (Fsp3) is 1.00. The molecule has 0 saturated carbocycles. The van der Waals surface area contributed by atoms with Crippen molar-refractivity contribution in [3.63, 3.8) is 0 Å². The van der Waals surface area contributed by atoms with Gasteiger partial charge in [-0.15, -0.1) is 0 Å². The van der Waals surface area contributed by atoms with Crippen molar-refractivity contribution in [2.75, 3.05) is 0 Å². The van der Waals surface area contributed by atoms with Crippen molar-refractivity contribution >= 4 is 7.82 Å². The summed E-state index contributed by atoms with van der Waals surface area (Å²) in [7, 11) is -4.80. The summed E-state index contributed by atoms with van der Waals surface area (Å²) in [5.74, 6) is -2.74. The third-order valence-electron chi connectivity index (χ3n) is 0.726. The maximum atomic E-state index is 9.96. The van der Waals surface area contributed by atoms with Crippen LogP contribution in [0.3, 0.4) is 0 Å². The van der Waals surface area contributed by atoms with Gasteiger partial charge in [0.15, 0.2) is 0 Å². The van der Waals surface area contributed by atoms with Crippen LogP contribution in [0.25, 0.3) is 0 Å². The SMILES string of the molecule is CCC(O)(O)OP(=O)(O)O. The van der Waals surface area contributed by atoms with Gasteiger partial charge in [0.1, 0.15) is 0 Å². The van der Waals surface area contributed by atoms with Gasteiger partial charge in [-0.1, -0.05) is 6.92 Å². The zero-order valence-corrected chi connectivity index (χ0v) is 6.15. The van der Waals surface area contributed by atoms with Crippen LogP contribution in [0.2, 0.25) is 0 Å². The fourth-order valence-corrected chi connectivity index (χ4v) is 0.765. The lowest BCUT2D eigenvalue weighted by Crippen LogP contribution is -2.29. The highest BCUT2D eigenvalue weighted by molar-refractivity contribution is 7.46. The predicted octanol–water partition coefficient (Wildman–Crippen LogP) is -0.856. The van der Waals surface area contributed by atoms with E-state index in [-0.39, 0.29) is 6.42 Å². The Kier molecular flexibility index (Phi) is 2.97. The number of aliphatic hydroxyl groups is 2. The topological polar surface area (TPSA) is 107 Å². The molecule has 6 nitrogen and oxygen atoms in total. The molecule has 0 unspecified atom stereocenters. The smallest absolute Gasteiger partial charge is 0.343 e. The zero-order valence-electron chi connectivity index (χ0n) is 5.26. The molecule has 0 spiro atoms. The van der Waals surface area contributed by atoms with Gasteiger partial charge in [-0.25, -0.2) is 9.09 Å². The molecular weight excluding hydrogens is 163 g/mol. The van der Waals surface area contributed by atoms with Crippen molar-refractivity contribution in [2.45, 2.75) is 19.3 Å². The van der Waals surface area contributed by atoms with E-state index in [1.807, 2.05) is 0 Å². The number of hydrogen-bond acceptors (Lipinski definition) is 4. The Morgan fingerprint density at radius 1 is 1.50 bits per heavy atom. The van der Waals surface area contributed by atoms with E-state index in [4.69, 9.17) is 20.0 Å². The van der Waals surface area contributed by atoms with E-state index in [1.165, 1.54) is 6.92 Å². The minimum absolute atomic E-state index is 0.321. The summed E-state index contributed by atoms with van der Waals surface area (Å²) >= 11 is 0. The van der Waals surface area contributed by atoms with Gasteiger partial charge >= 0.3 is 7.82 Å². The van der Waals surface area contributed by atoms with E-state index in [9.17, 15) is 4.57 Å². The summed E-state index contributed by atoms with van der Waals surface area (Å²) in [4.78, 5) is 16.1. The molecule has 0 fully saturated rings. The molecule has 7 heteroatoms. The first-order valence-corrected chi connectivity index (χ1v) is 4.01. The maximum Gasteiger partial charge on any atom is 0.473 e. The average molecular weight is 172 g/mol. The van der Waals surface area contributed by atoms with E-state index >= 15 is 0 Å². The molecule has 0 aliphatic rings. The molecule has 0 amide bonds. The van der Waals surface area contributed by atoms with Gasteiger partial charge in [0.05, 0.1) is 0 Å². The quantitative estimate of drug-likeness (QED) is 0.326. The molecule has 4 N–H and O–H groups in total. The molecule has 0 bridgehead atoms. The second-order valence-corrected chi connectivity index (χ2v) is 2.84. The van der Waals surface area contributed by atoms with Gasteiger partial charge in [-0.05, 0) is 0 Å². The summed E-state index contributed by atoms with van der Waals surface area (Å²) < 4.78 is 13.5. The highest BCUT2D eigenvalue weighted by Crippen LogP contribution is 2.40. The molecule has 0 atom stereocenters. The second-order valence-electron chi connectivity index (χ2n) is 1.68. The van der Waals surface area contributed by atoms with Gasteiger partial charge in [0.25, 0.3) is 5.97 Å². The molecule has 0 rings (SSSR count). The minimum atomic E-state index is -4.80. The standard InChI is InChI=1S/C3H9O6P/c1-2-3(4,5)9-10(6,7)8/h4-5H,2H2,1H3,(H2,6,7,8). The number of hydrogen-bond donors (Lipinski definition) is 4. The molecule has 62 valence electrons. The summed E-state index contributed by atoms with van der Waals surface area (Å²) in [6, 6.07) is 0. The van der Waals surface area contributed by atoms with E-state index in [0.29, 0.717) is 0 Å². The summed E-state index contributed by atoms with van der Waals surface area (Å²) in [6.07, 6.45) is -0.321. The monoisotopic (exact) mass is 172 g/mol. The number of phosphoric acid groups is 1. The Labute approximate surface area is 57.3 Å². The van der Waals surface area contributed by atoms with Crippen molar-refractivity contribution < 1.29 is 29.1 Å². The molecule has 0 aromatic rings. The van der Waals surface area contributed by atoms with Crippen LogP contribution in [0, 0.1) is 0 Å². The Hall–Kier alpha value is 0.0300. The lowest BCUT2D eigenvalue weighted by molar-refractivity contribution is -0.299. The highest BCUT2D eigenvalue weighted by Gasteiger charge is 2.31. The van der Waals surface area contributed by atoms with Crippen LogP contribution in [-0.2, 0) is 9.09 Å². The molecular formula is C3H9O6P. The average Bonchev–Trinajstić information content (AvgIpc) is 1.60. The summed E-state index contributed by atoms with van der Waals surface area (Å²) in [5.41, 5.74) is 0. The highest BCUT2D eigenvalue weighted by atomic mass is 31.2. The second kappa shape index (κ2) is 2.96. The Balaban J connectivity index is 4.02. The third kappa shape index (κ3) is 4.87. The normalized spacial score (nSPS) is 13.7. The van der Waals surface area contributed by atoms with Crippen LogP contribution in [-0.4, -0.2) is 26.0 Å². The van der Waals surface area contributed by atoms with E-state index in [2.05, 4.69) is 4.52 Å². The first kappa shape index (κ1) is 10.0. The van der Waals surface area contributed by atoms with Gasteiger partial charge in [-0.2, -0.15) is 0 Å². The molecule has 0 aromatic heterocycles. The summed E-state index contributed by atoms with van der Waals surface area (Å²) in [5, 5.41) is 17.0. The lowest BCUT2D eigenvalue weighted by Gasteiger charge is -2.19. The van der Waals surface area contributed by atoms with Crippen LogP contribution in [0.4, 0.5) is 0 Å². The molecule has 10 heavy (non-hydrogen) atoms. The lowest BCUT2D eigenvalue weighted by atomic mass is 10.4. The summed E-state index contributed by atoms with van der Waals surface area (Å²) in [6.45, 7) is 1.30. The van der Waals surface area contributed by atoms with Gasteiger partial charge in [-0.3, -0.25) is 0 Å². The molecule has 0 aliphatic heterocycles. The van der Waals surface area contributed by atoms with E-state index < -0.39 is 13.8 Å². The van der Waals surface area contributed by atoms with Crippen LogP contribution in [0.5, 0.6) is 0 Å². The van der Waals surface area contributed by atoms with Crippen LogP contribution in [0.15, 0.2) is 0 Å². The third-order valence-corrected chi connectivity index (χ3v) is 1.26. The van der Waals surface area contributed by atoms with Gasteiger partial charge in [0, 0.05) is 6.42 Å². The maximum absolute atomic E-state index is 9.96. The fourth-order valence-electron chi connectivity index (χ4n) is 0.255. The van der Waals surface area contributed by atoms with E-state index in [1.54, 1.807) is 0 Å². The molecule has 0 aromatic carbocycles. The predicted molar refractivity (Wildman–Crippen MR) is 30.6 cm³/mol. The first-order chi connectivity index (χ1) is 4.27. The van der Waals surface area contributed by atoms with Crippen molar-refractivity contribution in [3.05, 3.63) is 0 Å². The first-order valence-electron chi connectivity index (χ1n) is 2.48. The van der Waals surface area contributed by atoms with Crippen molar-refractivity contribution in [1.29, 1.82) is 0 Å². The van der Waals surface area contributed by atoms with Crippen LogP contribution in [0.1, 0.15) is 13.3 Å². The largest absolute Gasteiger partial charge is 0.473 e. The van der Waals surface area contributed by atoms with Gasteiger partial charge < -0.3 is 20.0 Å².